The highest BCUT2D eigenvalue weighted by Gasteiger charge is 2.50. The van der Waals surface area contributed by atoms with E-state index in [2.05, 4.69) is 36.9 Å². The molecule has 2 aromatic heterocycles. The number of aryl methyl sites for hydroxylation is 1. The van der Waals surface area contributed by atoms with E-state index in [1.165, 1.54) is 30.9 Å². The van der Waals surface area contributed by atoms with E-state index in [4.69, 9.17) is 14.7 Å². The van der Waals surface area contributed by atoms with Crippen LogP contribution in [0.25, 0.3) is 16.6 Å². The number of fused-ring (bicyclic) bond motifs is 7. The van der Waals surface area contributed by atoms with Gasteiger partial charge < -0.3 is 14.5 Å². The molecule has 6 aliphatic rings. The van der Waals surface area contributed by atoms with Crippen molar-refractivity contribution >= 4 is 40.4 Å². The second-order valence-electron chi connectivity index (χ2n) is 14.1. The molecule has 0 aliphatic carbocycles. The van der Waals surface area contributed by atoms with Gasteiger partial charge in [0.15, 0.2) is 0 Å². The predicted octanol–water partition coefficient (Wildman–Crippen LogP) is 5.95. The summed E-state index contributed by atoms with van der Waals surface area (Å²) in [6.45, 7) is 4.90. The molecule has 248 valence electrons. The molecule has 3 unspecified atom stereocenters. The van der Waals surface area contributed by atoms with Gasteiger partial charge in [0.05, 0.1) is 28.5 Å². The van der Waals surface area contributed by atoms with E-state index in [0.717, 1.165) is 61.6 Å². The molecule has 9 nitrogen and oxygen atoms in total. The number of anilines is 1. The lowest BCUT2D eigenvalue weighted by atomic mass is 9.89. The first kappa shape index (κ1) is 29.9. The first-order chi connectivity index (χ1) is 22.6. The molecule has 6 aliphatic heterocycles. The van der Waals surface area contributed by atoms with Gasteiger partial charge in [0.2, 0.25) is 0 Å². The standard InChI is InChI=1S/C33H36F4N8OS/c1-17-10-23-22(12-39-42-23)24(26(17)33(35,36)37)27-28-21(6-8-38-27)25-29(45-19-4-5-20(45)15-43(2)14-19)40-31(41-30(25)47-28)46-16-32-7-3-9-44(32)13-18(34)11-32/h8,10,12,18-21H,3-7,9,11,13-16H2,1-2H3,(H,39,42)/t18-,19?,20?,21?,32+/m1/s1. The van der Waals surface area contributed by atoms with Crippen molar-refractivity contribution in [2.45, 2.75) is 86.4 Å². The van der Waals surface area contributed by atoms with Crippen LogP contribution in [0, 0.1) is 6.92 Å². The number of nitrogens with one attached hydrogen (secondary N) is 1. The lowest BCUT2D eigenvalue weighted by Gasteiger charge is -2.41. The third kappa shape index (κ3) is 4.64. The van der Waals surface area contributed by atoms with Crippen molar-refractivity contribution < 1.29 is 22.3 Å². The molecule has 0 spiro atoms. The number of thioether (sulfide) groups is 1. The Hall–Kier alpha value is -3.23. The first-order valence-electron chi connectivity index (χ1n) is 16.5. The molecule has 14 heteroatoms. The number of piperazine rings is 1. The molecule has 4 saturated heterocycles. The Morgan fingerprint density at radius 3 is 2.74 bits per heavy atom. The fourth-order valence-corrected chi connectivity index (χ4v) is 10.5. The number of aliphatic imine (C=N–C) groups is 1. The Labute approximate surface area is 273 Å². The smallest absolute Gasteiger partial charge is 0.417 e. The summed E-state index contributed by atoms with van der Waals surface area (Å²) in [6, 6.07) is 2.28. The molecule has 47 heavy (non-hydrogen) atoms. The van der Waals surface area contributed by atoms with E-state index < -0.39 is 17.9 Å². The Morgan fingerprint density at radius 1 is 1.15 bits per heavy atom. The summed E-state index contributed by atoms with van der Waals surface area (Å²) in [5.41, 5.74) is 0.894. The van der Waals surface area contributed by atoms with Crippen molar-refractivity contribution in [2.75, 3.05) is 44.7 Å². The van der Waals surface area contributed by atoms with E-state index in [9.17, 15) is 17.6 Å². The Kier molecular flexibility index (Phi) is 6.76. The lowest BCUT2D eigenvalue weighted by molar-refractivity contribution is -0.138. The van der Waals surface area contributed by atoms with Gasteiger partial charge in [-0.15, -0.1) is 0 Å². The minimum Gasteiger partial charge on any atom is -0.461 e. The van der Waals surface area contributed by atoms with Gasteiger partial charge in [-0.05, 0) is 64.3 Å². The van der Waals surface area contributed by atoms with Crippen molar-refractivity contribution in [3.8, 4) is 6.01 Å². The number of H-pyrrole nitrogens is 1. The highest BCUT2D eigenvalue weighted by molar-refractivity contribution is 8.03. The molecule has 0 radical (unpaired) electrons. The third-order valence-corrected chi connectivity index (χ3v) is 12.3. The van der Waals surface area contributed by atoms with E-state index in [1.54, 1.807) is 6.21 Å². The summed E-state index contributed by atoms with van der Waals surface area (Å²) in [6.07, 6.45) is 2.69. The van der Waals surface area contributed by atoms with Crippen LogP contribution in [-0.4, -0.2) is 99.8 Å². The number of likely N-dealkylation sites (N-methyl/N-ethyl adjacent to an activating group) is 1. The number of hydrogen-bond acceptors (Lipinski definition) is 9. The lowest BCUT2D eigenvalue weighted by Crippen LogP contribution is -2.53. The molecule has 0 amide bonds. The number of aromatic amines is 1. The highest BCUT2D eigenvalue weighted by atomic mass is 32.2. The Balaban J connectivity index is 1.18. The first-order valence-corrected chi connectivity index (χ1v) is 17.3. The summed E-state index contributed by atoms with van der Waals surface area (Å²) < 4.78 is 65.1. The fourth-order valence-electron chi connectivity index (χ4n) is 9.25. The Morgan fingerprint density at radius 2 is 1.96 bits per heavy atom. The van der Waals surface area contributed by atoms with Crippen LogP contribution in [0.15, 0.2) is 27.2 Å². The van der Waals surface area contributed by atoms with E-state index in [-0.39, 0.29) is 40.7 Å². The van der Waals surface area contributed by atoms with Crippen LogP contribution < -0.4 is 9.64 Å². The van der Waals surface area contributed by atoms with Crippen molar-refractivity contribution in [1.82, 2.24) is 30.0 Å². The molecule has 3 aromatic rings. The zero-order valence-corrected chi connectivity index (χ0v) is 27.1. The molecule has 0 saturated carbocycles. The quantitative estimate of drug-likeness (QED) is 0.264. The van der Waals surface area contributed by atoms with E-state index in [0.29, 0.717) is 47.6 Å². The minimum absolute atomic E-state index is 0.0468. The number of nitrogens with zero attached hydrogens (tertiary/aromatic N) is 7. The normalized spacial score (nSPS) is 30.5. The molecule has 4 fully saturated rings. The average Bonchev–Trinajstić information content (AvgIpc) is 3.82. The van der Waals surface area contributed by atoms with Crippen molar-refractivity contribution in [1.29, 1.82) is 0 Å². The van der Waals surface area contributed by atoms with Crippen LogP contribution in [0.1, 0.15) is 66.7 Å². The number of benzene rings is 1. The number of alkyl halides is 4. The predicted molar refractivity (Wildman–Crippen MR) is 172 cm³/mol. The van der Waals surface area contributed by atoms with Crippen LogP contribution in [0.5, 0.6) is 6.01 Å². The zero-order valence-electron chi connectivity index (χ0n) is 26.3. The van der Waals surface area contributed by atoms with Crippen molar-refractivity contribution in [3.63, 3.8) is 0 Å². The maximum absolute atomic E-state index is 14.7. The van der Waals surface area contributed by atoms with Crippen LogP contribution in [0.4, 0.5) is 23.4 Å². The molecule has 2 bridgehead atoms. The maximum atomic E-state index is 14.7. The molecular formula is C33H36F4N8OS. The second-order valence-corrected chi connectivity index (χ2v) is 15.1. The summed E-state index contributed by atoms with van der Waals surface area (Å²) in [4.78, 5) is 22.4. The number of hydrogen-bond donors (Lipinski definition) is 1. The summed E-state index contributed by atoms with van der Waals surface area (Å²) >= 11 is 1.38. The number of rotatable bonds is 5. The van der Waals surface area contributed by atoms with Crippen LogP contribution in [0.3, 0.4) is 0 Å². The Bertz CT molecular complexity index is 1830. The number of likely N-dealkylation sites (tertiary alicyclic amines) is 1. The van der Waals surface area contributed by atoms with Gasteiger partial charge in [0.1, 0.15) is 23.6 Å². The topological polar surface area (TPSA) is 85.8 Å². The van der Waals surface area contributed by atoms with Gasteiger partial charge >= 0.3 is 12.2 Å². The zero-order chi connectivity index (χ0) is 32.2. The van der Waals surface area contributed by atoms with E-state index >= 15 is 0 Å². The number of ether oxygens (including phenoxy) is 1. The molecule has 9 rings (SSSR count). The highest BCUT2D eigenvalue weighted by Crippen LogP contribution is 2.58. The molecule has 5 atom stereocenters. The second kappa shape index (κ2) is 10.6. The summed E-state index contributed by atoms with van der Waals surface area (Å²) in [5.74, 6) is 0.581. The molecule has 1 aromatic carbocycles. The SMILES string of the molecule is Cc1cc2[nH]ncc2c(C2=C3Sc4nc(OC[C@@]56CCCN5C[C@H](F)C6)nc(N5C6CCC5CN(C)C6)c4C3CC=N2)c1C(F)(F)F. The third-order valence-electron chi connectivity index (χ3n) is 11.1. The van der Waals surface area contributed by atoms with Gasteiger partial charge in [-0.25, -0.2) is 4.39 Å². The van der Waals surface area contributed by atoms with Gasteiger partial charge in [-0.3, -0.25) is 15.0 Å². The number of aromatic nitrogens is 4. The molecule has 1 N–H and O–H groups in total. The van der Waals surface area contributed by atoms with Crippen LogP contribution in [-0.2, 0) is 6.18 Å². The number of allylic oxidation sites excluding steroid dienone is 1. The fraction of sp³-hybridized carbons (Fsp3) is 0.576. The monoisotopic (exact) mass is 668 g/mol. The summed E-state index contributed by atoms with van der Waals surface area (Å²) in [7, 11) is 2.14. The maximum Gasteiger partial charge on any atom is 0.417 e. The number of halogens is 4. The average molecular weight is 669 g/mol. The minimum atomic E-state index is -4.59. The molecule has 8 heterocycles. The van der Waals surface area contributed by atoms with Crippen LogP contribution >= 0.6 is 11.8 Å². The van der Waals surface area contributed by atoms with Crippen molar-refractivity contribution in [3.05, 3.63) is 39.4 Å². The van der Waals surface area contributed by atoms with Gasteiger partial charge in [0.25, 0.3) is 0 Å². The largest absolute Gasteiger partial charge is 0.461 e. The summed E-state index contributed by atoms with van der Waals surface area (Å²) in [5, 5.41) is 8.03. The van der Waals surface area contributed by atoms with Gasteiger partial charge in [-0.1, -0.05) is 11.8 Å². The van der Waals surface area contributed by atoms with Crippen molar-refractivity contribution in [2.24, 2.45) is 4.99 Å². The van der Waals surface area contributed by atoms with Gasteiger partial charge in [-0.2, -0.15) is 28.2 Å². The van der Waals surface area contributed by atoms with Gasteiger partial charge in [0, 0.05) is 71.7 Å². The molecular weight excluding hydrogens is 632 g/mol. The van der Waals surface area contributed by atoms with E-state index in [1.807, 2.05) is 0 Å². The van der Waals surface area contributed by atoms with Crippen LogP contribution in [0.2, 0.25) is 0 Å².